The summed E-state index contributed by atoms with van der Waals surface area (Å²) in [6.07, 6.45) is 3.13. The number of sulfonamides is 1. The van der Waals surface area contributed by atoms with E-state index in [2.05, 4.69) is 10.3 Å². The molecule has 6 nitrogen and oxygen atoms in total. The first-order valence-electron chi connectivity index (χ1n) is 8.10. The van der Waals surface area contributed by atoms with Gasteiger partial charge in [0.1, 0.15) is 4.90 Å². The van der Waals surface area contributed by atoms with Crippen molar-refractivity contribution in [1.82, 2.24) is 9.29 Å². The van der Waals surface area contributed by atoms with Crippen LogP contribution in [0.4, 0.5) is 5.69 Å². The molecule has 1 saturated heterocycles. The van der Waals surface area contributed by atoms with Gasteiger partial charge >= 0.3 is 0 Å². The molecular formula is C17H18ClN3O3S2. The number of rotatable bonds is 6. The third-order valence-electron chi connectivity index (χ3n) is 3.91. The molecule has 0 spiro atoms. The number of amides is 1. The van der Waals surface area contributed by atoms with Crippen molar-refractivity contribution in [3.05, 3.63) is 47.6 Å². The van der Waals surface area contributed by atoms with E-state index >= 15 is 0 Å². The average molecular weight is 412 g/mol. The lowest BCUT2D eigenvalue weighted by Crippen LogP contribution is -2.27. The summed E-state index contributed by atoms with van der Waals surface area (Å²) in [4.78, 5) is 16.4. The van der Waals surface area contributed by atoms with Gasteiger partial charge in [-0.05, 0) is 37.1 Å². The smallest absolute Gasteiger partial charge is 0.244 e. The van der Waals surface area contributed by atoms with Crippen LogP contribution in [0.25, 0.3) is 0 Å². The summed E-state index contributed by atoms with van der Waals surface area (Å²) in [5.41, 5.74) is 0.555. The summed E-state index contributed by atoms with van der Waals surface area (Å²) < 4.78 is 26.4. The Morgan fingerprint density at radius 1 is 1.19 bits per heavy atom. The number of hydrogen-bond donors (Lipinski definition) is 1. The van der Waals surface area contributed by atoms with Crippen LogP contribution < -0.4 is 5.32 Å². The Morgan fingerprint density at radius 3 is 2.58 bits per heavy atom. The van der Waals surface area contributed by atoms with Gasteiger partial charge in [-0.1, -0.05) is 35.5 Å². The van der Waals surface area contributed by atoms with Crippen LogP contribution in [0.1, 0.15) is 12.8 Å². The van der Waals surface area contributed by atoms with Gasteiger partial charge in [0.05, 0.1) is 21.5 Å². The van der Waals surface area contributed by atoms with Crippen molar-refractivity contribution in [2.24, 2.45) is 0 Å². The normalized spacial score (nSPS) is 15.1. The second-order valence-corrected chi connectivity index (χ2v) is 9.10. The maximum atomic E-state index is 12.4. The molecule has 0 atom stereocenters. The number of thioether (sulfide) groups is 1. The fraction of sp³-hybridized carbons (Fsp3) is 0.294. The van der Waals surface area contributed by atoms with Gasteiger partial charge in [-0.2, -0.15) is 4.31 Å². The molecule has 3 rings (SSSR count). The third kappa shape index (κ3) is 4.56. The lowest BCUT2D eigenvalue weighted by Gasteiger charge is -2.15. The molecule has 9 heteroatoms. The first-order valence-corrected chi connectivity index (χ1v) is 10.9. The van der Waals surface area contributed by atoms with E-state index in [1.165, 1.54) is 28.3 Å². The van der Waals surface area contributed by atoms with Gasteiger partial charge in [0.2, 0.25) is 15.9 Å². The highest BCUT2D eigenvalue weighted by atomic mass is 35.5. The minimum absolute atomic E-state index is 0.149. The van der Waals surface area contributed by atoms with E-state index in [9.17, 15) is 13.2 Å². The number of carbonyl (C=O) groups excluding carboxylic acids is 1. The molecule has 138 valence electrons. The average Bonchev–Trinajstić information content (AvgIpc) is 3.18. The quantitative estimate of drug-likeness (QED) is 0.738. The highest BCUT2D eigenvalue weighted by molar-refractivity contribution is 7.99. The van der Waals surface area contributed by atoms with Gasteiger partial charge in [-0.25, -0.2) is 13.4 Å². The highest BCUT2D eigenvalue weighted by Crippen LogP contribution is 2.24. The van der Waals surface area contributed by atoms with Crippen molar-refractivity contribution < 1.29 is 13.2 Å². The zero-order chi connectivity index (χ0) is 18.6. The van der Waals surface area contributed by atoms with Crippen molar-refractivity contribution in [3.8, 4) is 0 Å². The topological polar surface area (TPSA) is 79.4 Å². The van der Waals surface area contributed by atoms with Crippen molar-refractivity contribution in [1.29, 1.82) is 0 Å². The Balaban J connectivity index is 1.57. The van der Waals surface area contributed by atoms with Gasteiger partial charge in [0.15, 0.2) is 0 Å². The van der Waals surface area contributed by atoms with E-state index in [0.717, 1.165) is 12.8 Å². The molecule has 0 radical (unpaired) electrons. The lowest BCUT2D eigenvalue weighted by molar-refractivity contribution is -0.113. The molecule has 0 bridgehead atoms. The van der Waals surface area contributed by atoms with Crippen LogP contribution in [0.5, 0.6) is 0 Å². The van der Waals surface area contributed by atoms with Crippen LogP contribution in [0.15, 0.2) is 52.5 Å². The largest absolute Gasteiger partial charge is 0.324 e. The number of nitrogens with zero attached hydrogens (tertiary/aromatic N) is 2. The molecule has 1 aromatic heterocycles. The molecule has 2 aromatic rings. The molecule has 1 aliphatic heterocycles. The first-order chi connectivity index (χ1) is 12.5. The molecular weight excluding hydrogens is 394 g/mol. The molecule has 2 heterocycles. The summed E-state index contributed by atoms with van der Waals surface area (Å²) in [5, 5.41) is 3.79. The number of aromatic nitrogens is 1. The summed E-state index contributed by atoms with van der Waals surface area (Å²) >= 11 is 7.24. The SMILES string of the molecule is O=C(CSc1ccc(S(=O)(=O)N2CCCC2)cn1)Nc1ccccc1Cl. The van der Waals surface area contributed by atoms with E-state index in [0.29, 0.717) is 28.8 Å². The lowest BCUT2D eigenvalue weighted by atomic mass is 10.3. The molecule has 1 aromatic carbocycles. The minimum atomic E-state index is -3.46. The second kappa shape index (κ2) is 8.39. The summed E-state index contributed by atoms with van der Waals surface area (Å²) in [7, 11) is -3.46. The zero-order valence-electron chi connectivity index (χ0n) is 13.9. The van der Waals surface area contributed by atoms with Crippen LogP contribution >= 0.6 is 23.4 Å². The van der Waals surface area contributed by atoms with Crippen molar-refractivity contribution in [3.63, 3.8) is 0 Å². The van der Waals surface area contributed by atoms with Crippen LogP contribution in [0, 0.1) is 0 Å². The van der Waals surface area contributed by atoms with E-state index < -0.39 is 10.0 Å². The van der Waals surface area contributed by atoms with Gasteiger partial charge in [-0.3, -0.25) is 4.79 Å². The van der Waals surface area contributed by atoms with Crippen LogP contribution in [0.2, 0.25) is 5.02 Å². The fourth-order valence-electron chi connectivity index (χ4n) is 2.57. The van der Waals surface area contributed by atoms with E-state index in [-0.39, 0.29) is 16.6 Å². The Morgan fingerprint density at radius 2 is 1.92 bits per heavy atom. The Kier molecular flexibility index (Phi) is 6.18. The monoisotopic (exact) mass is 411 g/mol. The predicted molar refractivity (Wildman–Crippen MR) is 103 cm³/mol. The number of hydrogen-bond acceptors (Lipinski definition) is 5. The fourth-order valence-corrected chi connectivity index (χ4v) is 4.86. The number of nitrogens with one attached hydrogen (secondary N) is 1. The Hall–Kier alpha value is -1.61. The molecule has 1 aliphatic rings. The summed E-state index contributed by atoms with van der Waals surface area (Å²) in [5.74, 6) is -0.0603. The molecule has 0 unspecified atom stereocenters. The maximum absolute atomic E-state index is 12.4. The molecule has 1 fully saturated rings. The Labute approximate surface area is 162 Å². The third-order valence-corrected chi connectivity index (χ3v) is 7.07. The number of pyridine rings is 1. The number of halogens is 1. The van der Waals surface area contributed by atoms with Crippen LogP contribution in [0.3, 0.4) is 0 Å². The maximum Gasteiger partial charge on any atom is 0.244 e. The van der Waals surface area contributed by atoms with E-state index in [4.69, 9.17) is 11.6 Å². The van der Waals surface area contributed by atoms with Gasteiger partial charge in [-0.15, -0.1) is 0 Å². The molecule has 26 heavy (non-hydrogen) atoms. The van der Waals surface area contributed by atoms with Gasteiger partial charge in [0, 0.05) is 19.3 Å². The first kappa shape index (κ1) is 19.2. The number of benzene rings is 1. The summed E-state index contributed by atoms with van der Waals surface area (Å²) in [6.45, 7) is 1.11. The van der Waals surface area contributed by atoms with Crippen molar-refractivity contribution in [2.45, 2.75) is 22.8 Å². The number of anilines is 1. The van der Waals surface area contributed by atoms with E-state index in [1.807, 2.05) is 0 Å². The predicted octanol–water partition coefficient (Wildman–Crippen LogP) is 3.25. The number of carbonyl (C=O) groups is 1. The molecule has 0 aliphatic carbocycles. The van der Waals surface area contributed by atoms with E-state index in [1.54, 1.807) is 30.3 Å². The molecule has 1 N–H and O–H groups in total. The Bertz CT molecular complexity index is 882. The standard InChI is InChI=1S/C17H18ClN3O3S2/c18-14-5-1-2-6-15(14)20-16(22)12-25-17-8-7-13(11-19-17)26(23,24)21-9-3-4-10-21/h1-2,5-8,11H,3-4,9-10,12H2,(H,20,22). The minimum Gasteiger partial charge on any atom is -0.324 e. The second-order valence-electron chi connectivity index (χ2n) is 5.76. The highest BCUT2D eigenvalue weighted by Gasteiger charge is 2.27. The zero-order valence-corrected chi connectivity index (χ0v) is 16.3. The number of para-hydroxylation sites is 1. The summed E-state index contributed by atoms with van der Waals surface area (Å²) in [6, 6.07) is 10.2. The van der Waals surface area contributed by atoms with Gasteiger partial charge in [0.25, 0.3) is 0 Å². The van der Waals surface area contributed by atoms with Crippen molar-refractivity contribution in [2.75, 3.05) is 24.2 Å². The van der Waals surface area contributed by atoms with Crippen LogP contribution in [-0.4, -0.2) is 42.5 Å². The molecule has 0 saturated carbocycles. The van der Waals surface area contributed by atoms with Gasteiger partial charge < -0.3 is 5.32 Å². The van der Waals surface area contributed by atoms with Crippen LogP contribution in [-0.2, 0) is 14.8 Å². The van der Waals surface area contributed by atoms with Crippen molar-refractivity contribution >= 4 is 45.0 Å². The molecule has 1 amide bonds.